The molecule has 0 aliphatic rings. The molecule has 1 heterocycles. The average Bonchev–Trinajstić information content (AvgIpc) is 3.01. The first kappa shape index (κ1) is 14.7. The molecule has 1 aromatic carbocycles. The highest BCUT2D eigenvalue weighted by Gasteiger charge is 2.18. The Morgan fingerprint density at radius 2 is 1.90 bits per heavy atom. The number of rotatable bonds is 7. The van der Waals surface area contributed by atoms with Crippen LogP contribution in [0, 0.1) is 0 Å². The van der Waals surface area contributed by atoms with Crippen molar-refractivity contribution in [3.63, 3.8) is 0 Å². The van der Waals surface area contributed by atoms with Crippen molar-refractivity contribution in [3.8, 4) is 11.5 Å². The standard InChI is InChI=1S/C14H19N3O2S/c1-4-5-15-14(13-9-16-20-17-13)10-6-11(18-2)8-12(7-10)19-3/h6-9,14-15H,4-5H2,1-3H3. The van der Waals surface area contributed by atoms with Gasteiger partial charge in [-0.3, -0.25) is 0 Å². The molecule has 108 valence electrons. The van der Waals surface area contributed by atoms with Crippen LogP contribution in [0.5, 0.6) is 11.5 Å². The summed E-state index contributed by atoms with van der Waals surface area (Å²) in [6, 6.07) is 5.85. The molecule has 0 aliphatic heterocycles. The topological polar surface area (TPSA) is 56.3 Å². The zero-order chi connectivity index (χ0) is 14.4. The van der Waals surface area contributed by atoms with Crippen LogP contribution in [-0.4, -0.2) is 29.5 Å². The third-order valence-corrected chi connectivity index (χ3v) is 3.47. The lowest BCUT2D eigenvalue weighted by atomic mass is 10.0. The molecule has 0 saturated carbocycles. The Balaban J connectivity index is 2.37. The van der Waals surface area contributed by atoms with Gasteiger partial charge in [0.2, 0.25) is 0 Å². The maximum atomic E-state index is 5.33. The molecule has 0 bridgehead atoms. The Morgan fingerprint density at radius 1 is 1.20 bits per heavy atom. The van der Waals surface area contributed by atoms with E-state index in [2.05, 4.69) is 21.0 Å². The third kappa shape index (κ3) is 3.46. The van der Waals surface area contributed by atoms with Crippen LogP contribution in [0.15, 0.2) is 24.4 Å². The van der Waals surface area contributed by atoms with Crippen molar-refractivity contribution >= 4 is 11.7 Å². The monoisotopic (exact) mass is 293 g/mol. The van der Waals surface area contributed by atoms with Crippen LogP contribution < -0.4 is 14.8 Å². The predicted octanol–water partition coefficient (Wildman–Crippen LogP) is 2.64. The van der Waals surface area contributed by atoms with Crippen molar-refractivity contribution in [3.05, 3.63) is 35.7 Å². The summed E-state index contributed by atoms with van der Waals surface area (Å²) < 4.78 is 19.1. The SMILES string of the molecule is CCCNC(c1cc(OC)cc(OC)c1)c1cnsn1. The van der Waals surface area contributed by atoms with Gasteiger partial charge in [-0.2, -0.15) is 8.75 Å². The summed E-state index contributed by atoms with van der Waals surface area (Å²) in [5.74, 6) is 1.54. The molecule has 0 aliphatic carbocycles. The summed E-state index contributed by atoms with van der Waals surface area (Å²) in [7, 11) is 3.30. The van der Waals surface area contributed by atoms with E-state index in [1.165, 1.54) is 11.7 Å². The Morgan fingerprint density at radius 3 is 2.40 bits per heavy atom. The highest BCUT2D eigenvalue weighted by atomic mass is 32.1. The third-order valence-electron chi connectivity index (χ3n) is 2.98. The van der Waals surface area contributed by atoms with Crippen LogP contribution >= 0.6 is 11.7 Å². The van der Waals surface area contributed by atoms with Crippen LogP contribution in [0.2, 0.25) is 0 Å². The van der Waals surface area contributed by atoms with Crippen molar-refractivity contribution in [1.29, 1.82) is 0 Å². The average molecular weight is 293 g/mol. The fourth-order valence-electron chi connectivity index (χ4n) is 1.98. The van der Waals surface area contributed by atoms with Gasteiger partial charge < -0.3 is 14.8 Å². The second-order valence-corrected chi connectivity index (χ2v) is 4.92. The summed E-state index contributed by atoms with van der Waals surface area (Å²) in [5, 5.41) is 3.48. The molecule has 0 radical (unpaired) electrons. The minimum Gasteiger partial charge on any atom is -0.497 e. The summed E-state index contributed by atoms with van der Waals surface area (Å²) in [6.07, 6.45) is 2.85. The molecule has 1 aromatic heterocycles. The molecular formula is C14H19N3O2S. The molecule has 0 amide bonds. The van der Waals surface area contributed by atoms with Gasteiger partial charge in [-0.1, -0.05) is 6.92 Å². The number of hydrogen-bond acceptors (Lipinski definition) is 6. The largest absolute Gasteiger partial charge is 0.497 e. The number of hydrogen-bond donors (Lipinski definition) is 1. The molecule has 2 rings (SSSR count). The first-order chi connectivity index (χ1) is 9.78. The van der Waals surface area contributed by atoms with Crippen molar-refractivity contribution in [2.24, 2.45) is 0 Å². The van der Waals surface area contributed by atoms with Gasteiger partial charge in [0.25, 0.3) is 0 Å². The molecule has 2 aromatic rings. The predicted molar refractivity (Wildman–Crippen MR) is 79.6 cm³/mol. The second-order valence-electron chi connectivity index (χ2n) is 4.37. The highest BCUT2D eigenvalue weighted by Crippen LogP contribution is 2.29. The minimum atomic E-state index is -0.00213. The second kappa shape index (κ2) is 7.21. The first-order valence-corrected chi connectivity index (χ1v) is 7.25. The van der Waals surface area contributed by atoms with E-state index in [0.717, 1.165) is 35.7 Å². The van der Waals surface area contributed by atoms with Gasteiger partial charge in [0, 0.05) is 6.07 Å². The Hall–Kier alpha value is -1.66. The van der Waals surface area contributed by atoms with E-state index in [-0.39, 0.29) is 6.04 Å². The number of nitrogens with zero attached hydrogens (tertiary/aromatic N) is 2. The number of nitrogens with one attached hydrogen (secondary N) is 1. The van der Waals surface area contributed by atoms with Gasteiger partial charge >= 0.3 is 0 Å². The van der Waals surface area contributed by atoms with Gasteiger partial charge in [-0.15, -0.1) is 0 Å². The Kier molecular flexibility index (Phi) is 5.31. The smallest absolute Gasteiger partial charge is 0.122 e. The van der Waals surface area contributed by atoms with E-state index >= 15 is 0 Å². The van der Waals surface area contributed by atoms with E-state index in [1.807, 2.05) is 18.2 Å². The van der Waals surface area contributed by atoms with Crippen LogP contribution in [0.1, 0.15) is 30.6 Å². The number of aromatic nitrogens is 2. The van der Waals surface area contributed by atoms with Gasteiger partial charge in [-0.05, 0) is 30.7 Å². The maximum absolute atomic E-state index is 5.33. The normalized spacial score (nSPS) is 12.2. The quantitative estimate of drug-likeness (QED) is 0.850. The summed E-state index contributed by atoms with van der Waals surface area (Å²) >= 11 is 1.21. The fraction of sp³-hybridized carbons (Fsp3) is 0.429. The molecule has 1 N–H and O–H groups in total. The molecule has 0 spiro atoms. The fourth-order valence-corrected chi connectivity index (χ4v) is 2.43. The molecule has 1 unspecified atom stereocenters. The molecule has 0 fully saturated rings. The first-order valence-electron chi connectivity index (χ1n) is 6.52. The summed E-state index contributed by atoms with van der Waals surface area (Å²) in [4.78, 5) is 0. The van der Waals surface area contributed by atoms with E-state index in [0.29, 0.717) is 0 Å². The minimum absolute atomic E-state index is 0.00213. The number of methoxy groups -OCH3 is 2. The molecule has 5 nitrogen and oxygen atoms in total. The Bertz CT molecular complexity index is 509. The van der Waals surface area contributed by atoms with E-state index in [9.17, 15) is 0 Å². The number of ether oxygens (including phenoxy) is 2. The zero-order valence-electron chi connectivity index (χ0n) is 11.9. The van der Waals surface area contributed by atoms with Gasteiger partial charge in [-0.25, -0.2) is 0 Å². The van der Waals surface area contributed by atoms with Crippen molar-refractivity contribution in [1.82, 2.24) is 14.1 Å². The van der Waals surface area contributed by atoms with Crippen molar-refractivity contribution in [2.75, 3.05) is 20.8 Å². The molecular weight excluding hydrogens is 274 g/mol. The maximum Gasteiger partial charge on any atom is 0.122 e. The molecule has 0 saturated heterocycles. The van der Waals surface area contributed by atoms with Crippen LogP contribution in [0.3, 0.4) is 0 Å². The van der Waals surface area contributed by atoms with Crippen molar-refractivity contribution in [2.45, 2.75) is 19.4 Å². The lowest BCUT2D eigenvalue weighted by Gasteiger charge is -2.18. The van der Waals surface area contributed by atoms with Gasteiger partial charge in [0.15, 0.2) is 0 Å². The van der Waals surface area contributed by atoms with Gasteiger partial charge in [0.1, 0.15) is 11.5 Å². The van der Waals surface area contributed by atoms with Crippen LogP contribution in [-0.2, 0) is 0 Å². The summed E-state index contributed by atoms with van der Waals surface area (Å²) in [5.41, 5.74) is 1.97. The van der Waals surface area contributed by atoms with Crippen molar-refractivity contribution < 1.29 is 9.47 Å². The lowest BCUT2D eigenvalue weighted by molar-refractivity contribution is 0.392. The van der Waals surface area contributed by atoms with Crippen LogP contribution in [0.4, 0.5) is 0 Å². The molecule has 6 heteroatoms. The van der Waals surface area contributed by atoms with E-state index in [1.54, 1.807) is 20.4 Å². The highest BCUT2D eigenvalue weighted by molar-refractivity contribution is 6.99. The number of benzene rings is 1. The lowest BCUT2D eigenvalue weighted by Crippen LogP contribution is -2.23. The Labute approximate surface area is 123 Å². The van der Waals surface area contributed by atoms with E-state index < -0.39 is 0 Å². The molecule has 20 heavy (non-hydrogen) atoms. The van der Waals surface area contributed by atoms with Crippen LogP contribution in [0.25, 0.3) is 0 Å². The van der Waals surface area contributed by atoms with Gasteiger partial charge in [0.05, 0.1) is 43.9 Å². The zero-order valence-corrected chi connectivity index (χ0v) is 12.7. The summed E-state index contributed by atoms with van der Waals surface area (Å²) in [6.45, 7) is 3.04. The van der Waals surface area contributed by atoms with E-state index in [4.69, 9.17) is 9.47 Å². The molecule has 1 atom stereocenters.